The van der Waals surface area contributed by atoms with Crippen LogP contribution in [0.25, 0.3) is 0 Å². The quantitative estimate of drug-likeness (QED) is 0.851. The minimum atomic E-state index is -0.622. The fraction of sp³-hybridized carbons (Fsp3) is 0.0833. The molecule has 0 aliphatic rings. The first-order valence-corrected chi connectivity index (χ1v) is 6.63. The molecule has 1 heterocycles. The number of aromatic nitrogens is 1. The van der Waals surface area contributed by atoms with Crippen LogP contribution in [-0.2, 0) is 6.54 Å². The Bertz CT molecular complexity index is 524. The monoisotopic (exact) mass is 376 g/mol. The van der Waals surface area contributed by atoms with Crippen LogP contribution in [0.2, 0.25) is 0 Å². The van der Waals surface area contributed by atoms with Gasteiger partial charge in [-0.15, -0.1) is 0 Å². The lowest BCUT2D eigenvalue weighted by molar-refractivity contribution is 0.585. The zero-order chi connectivity index (χ0) is 13.1. The van der Waals surface area contributed by atoms with Gasteiger partial charge in [-0.05, 0) is 50.1 Å². The Morgan fingerprint density at radius 3 is 2.61 bits per heavy atom. The van der Waals surface area contributed by atoms with Crippen LogP contribution in [0, 0.1) is 11.6 Å². The highest BCUT2D eigenvalue weighted by molar-refractivity contribution is 9.11. The number of nitrogens with one attached hydrogen (secondary N) is 1. The van der Waals surface area contributed by atoms with Crippen molar-refractivity contribution >= 4 is 37.5 Å². The third-order valence-corrected chi connectivity index (χ3v) is 3.38. The summed E-state index contributed by atoms with van der Waals surface area (Å²) in [5.41, 5.74) is 0.981. The standard InChI is InChI=1S/C12H8Br2F2N2/c13-7-3-9(14)12(17-5-7)6-18-11-2-1-8(15)4-10(11)16/h1-5,18H,6H2. The summed E-state index contributed by atoms with van der Waals surface area (Å²) < 4.78 is 27.8. The fourth-order valence-electron chi connectivity index (χ4n) is 1.38. The molecule has 94 valence electrons. The van der Waals surface area contributed by atoms with E-state index in [4.69, 9.17) is 0 Å². The molecular formula is C12H8Br2F2N2. The highest BCUT2D eigenvalue weighted by atomic mass is 79.9. The number of pyridine rings is 1. The summed E-state index contributed by atoms with van der Waals surface area (Å²) in [5.74, 6) is -1.22. The molecule has 18 heavy (non-hydrogen) atoms. The van der Waals surface area contributed by atoms with Crippen molar-refractivity contribution in [1.29, 1.82) is 0 Å². The molecule has 2 rings (SSSR count). The molecule has 6 heteroatoms. The minimum absolute atomic E-state index is 0.244. The minimum Gasteiger partial charge on any atom is -0.377 e. The Kier molecular flexibility index (Phi) is 4.29. The maximum Gasteiger partial charge on any atom is 0.149 e. The van der Waals surface area contributed by atoms with Crippen molar-refractivity contribution in [3.8, 4) is 0 Å². The number of benzene rings is 1. The molecule has 0 aliphatic heterocycles. The molecule has 0 amide bonds. The predicted molar refractivity (Wildman–Crippen MR) is 73.3 cm³/mol. The Hall–Kier alpha value is -1.01. The Balaban J connectivity index is 2.11. The number of halogens is 4. The molecule has 0 atom stereocenters. The molecule has 0 bridgehead atoms. The lowest BCUT2D eigenvalue weighted by atomic mass is 10.3. The SMILES string of the molecule is Fc1ccc(NCc2ncc(Br)cc2Br)c(F)c1. The molecule has 1 aromatic heterocycles. The summed E-state index contributed by atoms with van der Waals surface area (Å²) in [7, 11) is 0. The van der Waals surface area contributed by atoms with Crippen LogP contribution in [-0.4, -0.2) is 4.98 Å². The van der Waals surface area contributed by atoms with E-state index in [1.807, 2.05) is 6.07 Å². The summed E-state index contributed by atoms with van der Waals surface area (Å²) in [4.78, 5) is 4.19. The number of nitrogens with zero attached hydrogens (tertiary/aromatic N) is 1. The average Bonchev–Trinajstić information content (AvgIpc) is 2.30. The van der Waals surface area contributed by atoms with Gasteiger partial charge < -0.3 is 5.32 Å². The van der Waals surface area contributed by atoms with E-state index in [0.29, 0.717) is 6.54 Å². The fourth-order valence-corrected chi connectivity index (χ4v) is 2.51. The second kappa shape index (κ2) is 5.75. The summed E-state index contributed by atoms with van der Waals surface area (Å²) in [6.45, 7) is 0.344. The summed E-state index contributed by atoms with van der Waals surface area (Å²) in [6.07, 6.45) is 1.66. The second-order valence-corrected chi connectivity index (χ2v) is 5.33. The highest BCUT2D eigenvalue weighted by Crippen LogP contribution is 2.21. The molecule has 0 aliphatic carbocycles. The van der Waals surface area contributed by atoms with E-state index in [0.717, 1.165) is 20.7 Å². The van der Waals surface area contributed by atoms with Crippen molar-refractivity contribution in [1.82, 2.24) is 4.98 Å². The van der Waals surface area contributed by atoms with Crippen LogP contribution in [0.5, 0.6) is 0 Å². The third-order valence-electron chi connectivity index (χ3n) is 2.26. The van der Waals surface area contributed by atoms with Gasteiger partial charge in [0.15, 0.2) is 0 Å². The molecule has 0 unspecified atom stereocenters. The first-order valence-electron chi connectivity index (χ1n) is 5.05. The van der Waals surface area contributed by atoms with E-state index < -0.39 is 11.6 Å². The number of hydrogen-bond acceptors (Lipinski definition) is 2. The summed E-state index contributed by atoms with van der Waals surface area (Å²) in [6, 6.07) is 5.25. The molecule has 0 spiro atoms. The third kappa shape index (κ3) is 3.26. The van der Waals surface area contributed by atoms with Gasteiger partial charge in [-0.25, -0.2) is 8.78 Å². The molecule has 0 saturated heterocycles. The van der Waals surface area contributed by atoms with E-state index in [9.17, 15) is 8.78 Å². The predicted octanol–water partition coefficient (Wildman–Crippen LogP) is 4.50. The van der Waals surface area contributed by atoms with Crippen LogP contribution in [0.4, 0.5) is 14.5 Å². The smallest absolute Gasteiger partial charge is 0.149 e. The van der Waals surface area contributed by atoms with Gasteiger partial charge >= 0.3 is 0 Å². The Morgan fingerprint density at radius 2 is 1.94 bits per heavy atom. The van der Waals surface area contributed by atoms with E-state index in [1.54, 1.807) is 6.20 Å². The zero-order valence-corrected chi connectivity index (χ0v) is 12.2. The van der Waals surface area contributed by atoms with Crippen LogP contribution in [0.3, 0.4) is 0 Å². The molecular weight excluding hydrogens is 370 g/mol. The van der Waals surface area contributed by atoms with Crippen molar-refractivity contribution in [3.63, 3.8) is 0 Å². The van der Waals surface area contributed by atoms with Crippen molar-refractivity contribution in [3.05, 3.63) is 56.7 Å². The van der Waals surface area contributed by atoms with Gasteiger partial charge in [0.25, 0.3) is 0 Å². The Labute approximate surface area is 120 Å². The van der Waals surface area contributed by atoms with Gasteiger partial charge in [0.05, 0.1) is 17.9 Å². The zero-order valence-electron chi connectivity index (χ0n) is 9.05. The second-order valence-electron chi connectivity index (χ2n) is 3.56. The molecule has 2 aromatic rings. The number of rotatable bonds is 3. The van der Waals surface area contributed by atoms with Crippen LogP contribution < -0.4 is 5.32 Å². The summed E-state index contributed by atoms with van der Waals surface area (Å²) in [5, 5.41) is 2.87. The van der Waals surface area contributed by atoms with E-state index in [-0.39, 0.29) is 5.69 Å². The van der Waals surface area contributed by atoms with Gasteiger partial charge in [0, 0.05) is 21.2 Å². The van der Waals surface area contributed by atoms with Crippen LogP contribution in [0.1, 0.15) is 5.69 Å². The molecule has 0 saturated carbocycles. The van der Waals surface area contributed by atoms with Gasteiger partial charge in [-0.2, -0.15) is 0 Å². The number of hydrogen-bond donors (Lipinski definition) is 1. The van der Waals surface area contributed by atoms with Crippen LogP contribution >= 0.6 is 31.9 Å². The van der Waals surface area contributed by atoms with Crippen LogP contribution in [0.15, 0.2) is 39.4 Å². The van der Waals surface area contributed by atoms with Gasteiger partial charge in [-0.3, -0.25) is 4.98 Å². The van der Waals surface area contributed by atoms with E-state index in [1.165, 1.54) is 12.1 Å². The first kappa shape index (κ1) is 13.4. The molecule has 2 nitrogen and oxygen atoms in total. The largest absolute Gasteiger partial charge is 0.377 e. The lowest BCUT2D eigenvalue weighted by Crippen LogP contribution is -2.04. The van der Waals surface area contributed by atoms with Crippen molar-refractivity contribution in [2.75, 3.05) is 5.32 Å². The highest BCUT2D eigenvalue weighted by Gasteiger charge is 2.06. The maximum absolute atomic E-state index is 13.4. The van der Waals surface area contributed by atoms with Gasteiger partial charge in [0.1, 0.15) is 11.6 Å². The first-order chi connectivity index (χ1) is 8.56. The number of anilines is 1. The maximum atomic E-state index is 13.4. The van der Waals surface area contributed by atoms with Gasteiger partial charge in [-0.1, -0.05) is 0 Å². The Morgan fingerprint density at radius 1 is 1.17 bits per heavy atom. The molecule has 1 aromatic carbocycles. The normalized spacial score (nSPS) is 10.4. The van der Waals surface area contributed by atoms with Crippen molar-refractivity contribution < 1.29 is 8.78 Å². The summed E-state index contributed by atoms with van der Waals surface area (Å²) >= 11 is 6.66. The van der Waals surface area contributed by atoms with Gasteiger partial charge in [0.2, 0.25) is 0 Å². The van der Waals surface area contributed by atoms with E-state index in [2.05, 4.69) is 42.2 Å². The molecule has 1 N–H and O–H groups in total. The molecule has 0 radical (unpaired) electrons. The average molecular weight is 378 g/mol. The lowest BCUT2D eigenvalue weighted by Gasteiger charge is -2.08. The van der Waals surface area contributed by atoms with E-state index >= 15 is 0 Å². The topological polar surface area (TPSA) is 24.9 Å². The van der Waals surface area contributed by atoms with Crippen molar-refractivity contribution in [2.24, 2.45) is 0 Å². The molecule has 0 fully saturated rings. The van der Waals surface area contributed by atoms with Crippen molar-refractivity contribution in [2.45, 2.75) is 6.54 Å².